The normalized spacial score (nSPS) is 11.1. The van der Waals surface area contributed by atoms with E-state index in [1.54, 1.807) is 6.21 Å². The Kier molecular flexibility index (Phi) is 6.77. The summed E-state index contributed by atoms with van der Waals surface area (Å²) in [7, 11) is 0. The lowest BCUT2D eigenvalue weighted by molar-refractivity contribution is -0.118. The molecule has 0 spiro atoms. The second-order valence-electron chi connectivity index (χ2n) is 7.34. The Morgan fingerprint density at radius 2 is 1.75 bits per heavy atom. The fourth-order valence-corrected chi connectivity index (χ4v) is 3.90. The fourth-order valence-electron chi connectivity index (χ4n) is 3.15. The summed E-state index contributed by atoms with van der Waals surface area (Å²) in [5, 5.41) is 13.5. The van der Waals surface area contributed by atoms with Gasteiger partial charge in [0.1, 0.15) is 0 Å². The number of nitrogens with zero attached hydrogens (tertiary/aromatic N) is 4. The summed E-state index contributed by atoms with van der Waals surface area (Å²) in [5.41, 5.74) is 7.73. The number of hydrazone groups is 1. The Morgan fingerprint density at radius 1 is 0.969 bits per heavy atom. The molecule has 32 heavy (non-hydrogen) atoms. The summed E-state index contributed by atoms with van der Waals surface area (Å²) in [4.78, 5) is 12.3. The number of aryl methyl sites for hydroxylation is 2. The van der Waals surface area contributed by atoms with Crippen molar-refractivity contribution in [2.45, 2.75) is 19.0 Å². The van der Waals surface area contributed by atoms with Gasteiger partial charge >= 0.3 is 0 Å². The summed E-state index contributed by atoms with van der Waals surface area (Å²) in [5.74, 6) is 0.694. The Hall–Kier alpha value is -3.71. The average molecular weight is 442 g/mol. The summed E-state index contributed by atoms with van der Waals surface area (Å²) in [6, 6.07) is 25.9. The van der Waals surface area contributed by atoms with Crippen LogP contribution in [0.1, 0.15) is 16.7 Å². The van der Waals surface area contributed by atoms with Gasteiger partial charge in [-0.3, -0.25) is 9.36 Å². The van der Waals surface area contributed by atoms with Crippen molar-refractivity contribution in [1.29, 1.82) is 0 Å². The van der Waals surface area contributed by atoms with Gasteiger partial charge < -0.3 is 0 Å². The van der Waals surface area contributed by atoms with Crippen molar-refractivity contribution in [2.75, 3.05) is 5.75 Å². The van der Waals surface area contributed by atoms with Crippen LogP contribution in [0.5, 0.6) is 0 Å². The van der Waals surface area contributed by atoms with E-state index in [2.05, 4.69) is 20.7 Å². The van der Waals surface area contributed by atoms with Gasteiger partial charge in [0.25, 0.3) is 5.91 Å². The first-order chi connectivity index (χ1) is 15.6. The smallest absolute Gasteiger partial charge is 0.250 e. The van der Waals surface area contributed by atoms with Gasteiger partial charge in [-0.1, -0.05) is 89.6 Å². The van der Waals surface area contributed by atoms with E-state index in [0.717, 1.165) is 28.2 Å². The van der Waals surface area contributed by atoms with Crippen molar-refractivity contribution in [1.82, 2.24) is 20.2 Å². The number of rotatable bonds is 7. The molecule has 1 amide bonds. The molecule has 0 unspecified atom stereocenters. The third-order valence-electron chi connectivity index (χ3n) is 4.73. The highest BCUT2D eigenvalue weighted by atomic mass is 32.2. The maximum atomic E-state index is 12.3. The van der Waals surface area contributed by atoms with Crippen LogP contribution >= 0.6 is 11.8 Å². The molecular weight excluding hydrogens is 418 g/mol. The molecule has 7 heteroatoms. The number of para-hydroxylation sites is 1. The van der Waals surface area contributed by atoms with Gasteiger partial charge in [0.2, 0.25) is 0 Å². The third-order valence-corrected chi connectivity index (χ3v) is 5.66. The van der Waals surface area contributed by atoms with Crippen LogP contribution in [0.2, 0.25) is 0 Å². The molecule has 1 N–H and O–H groups in total. The predicted octanol–water partition coefficient (Wildman–Crippen LogP) is 4.79. The van der Waals surface area contributed by atoms with E-state index in [9.17, 15) is 4.79 Å². The van der Waals surface area contributed by atoms with Gasteiger partial charge in [0.15, 0.2) is 11.0 Å². The highest BCUT2D eigenvalue weighted by molar-refractivity contribution is 7.99. The molecule has 0 saturated carbocycles. The Bertz CT molecular complexity index is 1230. The van der Waals surface area contributed by atoms with E-state index in [4.69, 9.17) is 0 Å². The minimum absolute atomic E-state index is 0.171. The number of hydrogen-bond donors (Lipinski definition) is 1. The van der Waals surface area contributed by atoms with E-state index in [-0.39, 0.29) is 11.7 Å². The lowest BCUT2D eigenvalue weighted by atomic mass is 10.1. The molecule has 4 rings (SSSR count). The number of benzene rings is 3. The SMILES string of the molecule is Cc1ccc(-c2nnc(SCC(=O)N/N=C/c3cccc(C)c3)n2-c2ccccc2)cc1. The monoisotopic (exact) mass is 441 g/mol. The van der Waals surface area contributed by atoms with Gasteiger partial charge in [0.05, 0.1) is 12.0 Å². The first-order valence-electron chi connectivity index (χ1n) is 10.2. The molecule has 4 aromatic rings. The minimum Gasteiger partial charge on any atom is -0.272 e. The first kappa shape index (κ1) is 21.5. The standard InChI is InChI=1S/C25H23N5OS/c1-18-11-13-21(14-12-18)24-28-29-25(30(24)22-9-4-3-5-10-22)32-17-23(31)27-26-16-20-8-6-7-19(2)15-20/h3-16H,17H2,1-2H3,(H,27,31)/b26-16+. The fraction of sp³-hybridized carbons (Fsp3) is 0.120. The van der Waals surface area contributed by atoms with E-state index in [1.807, 2.05) is 97.3 Å². The summed E-state index contributed by atoms with van der Waals surface area (Å²) < 4.78 is 1.97. The van der Waals surface area contributed by atoms with E-state index >= 15 is 0 Å². The molecule has 0 aliphatic rings. The zero-order valence-corrected chi connectivity index (χ0v) is 18.7. The molecule has 0 atom stereocenters. The van der Waals surface area contributed by atoms with Crippen LogP contribution < -0.4 is 5.43 Å². The highest BCUT2D eigenvalue weighted by Gasteiger charge is 2.17. The van der Waals surface area contributed by atoms with Crippen molar-refractivity contribution >= 4 is 23.9 Å². The van der Waals surface area contributed by atoms with Crippen molar-refractivity contribution in [2.24, 2.45) is 5.10 Å². The van der Waals surface area contributed by atoms with Crippen LogP contribution in [0.3, 0.4) is 0 Å². The number of amides is 1. The summed E-state index contributed by atoms with van der Waals surface area (Å²) in [6.07, 6.45) is 1.64. The molecule has 1 heterocycles. The number of nitrogens with one attached hydrogen (secondary N) is 1. The van der Waals surface area contributed by atoms with Crippen molar-refractivity contribution in [3.8, 4) is 17.1 Å². The van der Waals surface area contributed by atoms with Crippen molar-refractivity contribution in [3.05, 3.63) is 95.6 Å². The Labute approximate surface area is 191 Å². The van der Waals surface area contributed by atoms with E-state index < -0.39 is 0 Å². The zero-order valence-electron chi connectivity index (χ0n) is 17.9. The molecule has 0 aliphatic carbocycles. The van der Waals surface area contributed by atoms with Crippen LogP contribution in [-0.2, 0) is 4.79 Å². The third kappa shape index (κ3) is 5.31. The largest absolute Gasteiger partial charge is 0.272 e. The van der Waals surface area contributed by atoms with Gasteiger partial charge in [-0.2, -0.15) is 5.10 Å². The van der Waals surface area contributed by atoms with Crippen LogP contribution in [-0.4, -0.2) is 32.6 Å². The molecular formula is C25H23N5OS. The average Bonchev–Trinajstić information content (AvgIpc) is 3.23. The Morgan fingerprint density at radius 3 is 2.50 bits per heavy atom. The molecule has 0 aliphatic heterocycles. The van der Waals surface area contributed by atoms with Crippen molar-refractivity contribution in [3.63, 3.8) is 0 Å². The van der Waals surface area contributed by atoms with E-state index in [0.29, 0.717) is 5.16 Å². The van der Waals surface area contributed by atoms with Crippen LogP contribution in [0.25, 0.3) is 17.1 Å². The van der Waals surface area contributed by atoms with Gasteiger partial charge in [-0.05, 0) is 31.5 Å². The zero-order chi connectivity index (χ0) is 22.3. The van der Waals surface area contributed by atoms with Gasteiger partial charge in [0, 0.05) is 11.3 Å². The molecule has 1 aromatic heterocycles. The molecule has 160 valence electrons. The number of carbonyl (C=O) groups is 1. The molecule has 6 nitrogen and oxygen atoms in total. The summed E-state index contributed by atoms with van der Waals surface area (Å²) in [6.45, 7) is 4.06. The lowest BCUT2D eigenvalue weighted by Crippen LogP contribution is -2.20. The van der Waals surface area contributed by atoms with Gasteiger partial charge in [-0.25, -0.2) is 5.43 Å². The molecule has 0 bridgehead atoms. The van der Waals surface area contributed by atoms with E-state index in [1.165, 1.54) is 17.3 Å². The Balaban J connectivity index is 1.49. The quantitative estimate of drug-likeness (QED) is 0.254. The topological polar surface area (TPSA) is 72.2 Å². The molecule has 0 saturated heterocycles. The van der Waals surface area contributed by atoms with Crippen LogP contribution in [0.4, 0.5) is 0 Å². The van der Waals surface area contributed by atoms with Gasteiger partial charge in [-0.15, -0.1) is 10.2 Å². The maximum absolute atomic E-state index is 12.3. The number of carbonyl (C=O) groups excluding carboxylic acids is 1. The highest BCUT2D eigenvalue weighted by Crippen LogP contribution is 2.28. The summed E-state index contributed by atoms with van der Waals surface area (Å²) >= 11 is 1.32. The van der Waals surface area contributed by atoms with Crippen LogP contribution in [0.15, 0.2) is 89.1 Å². The predicted molar refractivity (Wildman–Crippen MR) is 129 cm³/mol. The first-order valence-corrected chi connectivity index (χ1v) is 11.2. The number of hydrogen-bond acceptors (Lipinski definition) is 5. The molecule has 0 fully saturated rings. The second kappa shape index (κ2) is 10.1. The maximum Gasteiger partial charge on any atom is 0.250 e. The molecule has 0 radical (unpaired) electrons. The van der Waals surface area contributed by atoms with Crippen LogP contribution in [0, 0.1) is 13.8 Å². The molecule has 3 aromatic carbocycles. The minimum atomic E-state index is -0.210. The number of aromatic nitrogens is 3. The second-order valence-corrected chi connectivity index (χ2v) is 8.28. The van der Waals surface area contributed by atoms with Crippen molar-refractivity contribution < 1.29 is 4.79 Å². The number of thioether (sulfide) groups is 1. The lowest BCUT2D eigenvalue weighted by Gasteiger charge is -2.10.